The molecule has 2 heterocycles. The Bertz CT molecular complexity index is 334. The van der Waals surface area contributed by atoms with Crippen molar-refractivity contribution in [2.45, 2.75) is 13.8 Å². The van der Waals surface area contributed by atoms with Crippen LogP contribution >= 0.6 is 0 Å². The number of rotatable bonds is 3. The molecule has 0 atom stereocenters. The molecular weight excluding hydrogens is 210 g/mol. The second-order valence-corrected chi connectivity index (χ2v) is 5.62. The van der Waals surface area contributed by atoms with E-state index < -0.39 is 0 Å². The van der Waals surface area contributed by atoms with Gasteiger partial charge in [0.25, 0.3) is 0 Å². The molecular formula is C14H22N3. The van der Waals surface area contributed by atoms with Crippen LogP contribution in [0.4, 0.5) is 5.82 Å². The van der Waals surface area contributed by atoms with E-state index in [0.717, 1.165) is 38.5 Å². The minimum Gasteiger partial charge on any atom is -0.354 e. The Balaban J connectivity index is 1.86. The van der Waals surface area contributed by atoms with Crippen LogP contribution < -0.4 is 4.90 Å². The lowest BCUT2D eigenvalue weighted by Crippen LogP contribution is -2.49. The molecule has 0 N–H and O–H groups in total. The predicted molar refractivity (Wildman–Crippen MR) is 72.0 cm³/mol. The van der Waals surface area contributed by atoms with Gasteiger partial charge in [0.1, 0.15) is 5.82 Å². The molecule has 1 fully saturated rings. The maximum Gasteiger partial charge on any atom is 0.128 e. The van der Waals surface area contributed by atoms with Gasteiger partial charge in [-0.2, -0.15) is 0 Å². The lowest BCUT2D eigenvalue weighted by molar-refractivity contribution is 0.197. The molecule has 0 bridgehead atoms. The van der Waals surface area contributed by atoms with Crippen molar-refractivity contribution in [2.75, 3.05) is 37.6 Å². The van der Waals surface area contributed by atoms with E-state index in [1.165, 1.54) is 0 Å². The summed E-state index contributed by atoms with van der Waals surface area (Å²) in [5, 5.41) is 0. The van der Waals surface area contributed by atoms with Crippen LogP contribution in [0.1, 0.15) is 13.8 Å². The molecule has 0 unspecified atom stereocenters. The number of nitrogens with zero attached hydrogens (tertiary/aromatic N) is 3. The Morgan fingerprint density at radius 2 is 1.94 bits per heavy atom. The first-order valence-corrected chi connectivity index (χ1v) is 6.28. The normalized spacial score (nSPS) is 18.4. The summed E-state index contributed by atoms with van der Waals surface area (Å²) in [5.41, 5.74) is 0.146. The maximum absolute atomic E-state index is 4.40. The highest BCUT2D eigenvalue weighted by atomic mass is 15.3. The van der Waals surface area contributed by atoms with Crippen LogP contribution in [-0.4, -0.2) is 42.6 Å². The van der Waals surface area contributed by atoms with E-state index in [-0.39, 0.29) is 5.41 Å². The molecule has 0 aliphatic carbocycles. The maximum atomic E-state index is 4.40. The monoisotopic (exact) mass is 232 g/mol. The number of piperazine rings is 1. The second-order valence-electron chi connectivity index (χ2n) is 5.62. The van der Waals surface area contributed by atoms with Gasteiger partial charge in [-0.1, -0.05) is 19.9 Å². The third kappa shape index (κ3) is 3.70. The first-order valence-electron chi connectivity index (χ1n) is 6.28. The number of anilines is 1. The molecule has 1 saturated heterocycles. The molecule has 0 amide bonds. The topological polar surface area (TPSA) is 19.4 Å². The average molecular weight is 232 g/mol. The Kier molecular flexibility index (Phi) is 3.67. The van der Waals surface area contributed by atoms with E-state index in [1.54, 1.807) is 0 Å². The summed E-state index contributed by atoms with van der Waals surface area (Å²) in [6.45, 7) is 14.0. The Morgan fingerprint density at radius 1 is 1.24 bits per heavy atom. The average Bonchev–Trinajstić information content (AvgIpc) is 2.29. The van der Waals surface area contributed by atoms with Gasteiger partial charge in [0.2, 0.25) is 0 Å². The van der Waals surface area contributed by atoms with Gasteiger partial charge in [0.05, 0.1) is 0 Å². The lowest BCUT2D eigenvalue weighted by Gasteiger charge is -2.38. The fourth-order valence-corrected chi connectivity index (χ4v) is 2.28. The van der Waals surface area contributed by atoms with Crippen molar-refractivity contribution in [2.24, 2.45) is 5.41 Å². The molecule has 1 aliphatic heterocycles. The quantitative estimate of drug-likeness (QED) is 0.795. The molecule has 2 rings (SSSR count). The minimum atomic E-state index is 0.146. The summed E-state index contributed by atoms with van der Waals surface area (Å²) >= 11 is 0. The van der Waals surface area contributed by atoms with Crippen molar-refractivity contribution >= 4 is 5.82 Å². The van der Waals surface area contributed by atoms with E-state index in [9.17, 15) is 0 Å². The van der Waals surface area contributed by atoms with E-state index in [1.807, 2.05) is 18.3 Å². The number of aromatic nitrogens is 1. The molecule has 17 heavy (non-hydrogen) atoms. The molecule has 1 aromatic heterocycles. The fraction of sp³-hybridized carbons (Fsp3) is 0.571. The van der Waals surface area contributed by atoms with Gasteiger partial charge in [0, 0.05) is 38.9 Å². The van der Waals surface area contributed by atoms with Gasteiger partial charge in [-0.25, -0.2) is 4.98 Å². The highest BCUT2D eigenvalue weighted by Gasteiger charge is 2.21. The van der Waals surface area contributed by atoms with Crippen LogP contribution in [0.15, 0.2) is 24.4 Å². The molecule has 93 valence electrons. The standard InChI is InChI=1S/C14H22N3/c1-14(2,3)12-16-8-10-17(11-9-16)13-6-4-5-7-15-13/h4-7H,1,8-12H2,2-3H3. The van der Waals surface area contributed by atoms with Crippen LogP contribution in [0.25, 0.3) is 0 Å². The van der Waals surface area contributed by atoms with Crippen LogP contribution in [0.3, 0.4) is 0 Å². The molecule has 1 aromatic rings. The smallest absolute Gasteiger partial charge is 0.128 e. The van der Waals surface area contributed by atoms with Crippen LogP contribution in [-0.2, 0) is 0 Å². The summed E-state index contributed by atoms with van der Waals surface area (Å²) in [7, 11) is 0. The number of pyridine rings is 1. The Labute approximate surface area is 104 Å². The lowest BCUT2D eigenvalue weighted by atomic mass is 9.96. The number of hydrogen-bond acceptors (Lipinski definition) is 3. The molecule has 0 spiro atoms. The molecule has 3 nitrogen and oxygen atoms in total. The van der Waals surface area contributed by atoms with Crippen molar-refractivity contribution in [3.8, 4) is 0 Å². The highest BCUT2D eigenvalue weighted by molar-refractivity contribution is 5.38. The third-order valence-corrected chi connectivity index (χ3v) is 3.00. The molecule has 1 radical (unpaired) electrons. The minimum absolute atomic E-state index is 0.146. The summed E-state index contributed by atoms with van der Waals surface area (Å²) in [4.78, 5) is 9.24. The van der Waals surface area contributed by atoms with Crippen molar-refractivity contribution in [3.05, 3.63) is 31.3 Å². The zero-order valence-corrected chi connectivity index (χ0v) is 10.9. The third-order valence-electron chi connectivity index (χ3n) is 3.00. The van der Waals surface area contributed by atoms with E-state index >= 15 is 0 Å². The van der Waals surface area contributed by atoms with Gasteiger partial charge in [-0.05, 0) is 24.5 Å². The molecule has 0 aromatic carbocycles. The summed E-state index contributed by atoms with van der Waals surface area (Å²) in [6.07, 6.45) is 1.86. The first-order chi connectivity index (χ1) is 8.04. The first kappa shape index (κ1) is 12.4. The molecule has 3 heteroatoms. The van der Waals surface area contributed by atoms with E-state index in [2.05, 4.69) is 41.6 Å². The van der Waals surface area contributed by atoms with Gasteiger partial charge in [-0.15, -0.1) is 0 Å². The van der Waals surface area contributed by atoms with Crippen molar-refractivity contribution < 1.29 is 0 Å². The summed E-state index contributed by atoms with van der Waals surface area (Å²) in [5.74, 6) is 1.10. The van der Waals surface area contributed by atoms with Crippen molar-refractivity contribution in [3.63, 3.8) is 0 Å². The van der Waals surface area contributed by atoms with E-state index in [0.29, 0.717) is 0 Å². The highest BCUT2D eigenvalue weighted by Crippen LogP contribution is 2.17. The van der Waals surface area contributed by atoms with Crippen LogP contribution in [0, 0.1) is 12.3 Å². The predicted octanol–water partition coefficient (Wildman–Crippen LogP) is 2.06. The largest absolute Gasteiger partial charge is 0.354 e. The fourth-order valence-electron chi connectivity index (χ4n) is 2.28. The SMILES string of the molecule is [CH2]C(C)(C)CN1CCN(c2ccccn2)CC1. The zero-order valence-electron chi connectivity index (χ0n) is 10.9. The van der Waals surface area contributed by atoms with Gasteiger partial charge in [-0.3, -0.25) is 4.90 Å². The van der Waals surface area contributed by atoms with Crippen molar-refractivity contribution in [1.82, 2.24) is 9.88 Å². The second kappa shape index (κ2) is 5.05. The Morgan fingerprint density at radius 3 is 2.47 bits per heavy atom. The van der Waals surface area contributed by atoms with Crippen molar-refractivity contribution in [1.29, 1.82) is 0 Å². The molecule has 0 saturated carbocycles. The van der Waals surface area contributed by atoms with E-state index in [4.69, 9.17) is 0 Å². The summed E-state index contributed by atoms with van der Waals surface area (Å²) in [6, 6.07) is 6.10. The Hall–Kier alpha value is -1.09. The number of hydrogen-bond donors (Lipinski definition) is 0. The van der Waals surface area contributed by atoms with Crippen LogP contribution in [0.2, 0.25) is 0 Å². The van der Waals surface area contributed by atoms with Gasteiger partial charge >= 0.3 is 0 Å². The summed E-state index contributed by atoms with van der Waals surface area (Å²) < 4.78 is 0. The van der Waals surface area contributed by atoms with Crippen LogP contribution in [0.5, 0.6) is 0 Å². The molecule has 1 aliphatic rings. The van der Waals surface area contributed by atoms with Gasteiger partial charge in [0.15, 0.2) is 0 Å². The van der Waals surface area contributed by atoms with Gasteiger partial charge < -0.3 is 4.90 Å². The zero-order chi connectivity index (χ0) is 12.3.